The lowest BCUT2D eigenvalue weighted by molar-refractivity contribution is 0.0933. The van der Waals surface area contributed by atoms with Gasteiger partial charge in [0.1, 0.15) is 16.5 Å². The Morgan fingerprint density at radius 2 is 1.76 bits per heavy atom. The maximum absolute atomic E-state index is 13.0. The van der Waals surface area contributed by atoms with Crippen LogP contribution in [0, 0.1) is 0 Å². The van der Waals surface area contributed by atoms with Gasteiger partial charge in [-0.15, -0.1) is 11.3 Å². The number of hydrogen-bond donors (Lipinski definition) is 1. The number of carbonyl (C=O) groups is 1. The van der Waals surface area contributed by atoms with Gasteiger partial charge in [0.05, 0.1) is 27.4 Å². The highest BCUT2D eigenvalue weighted by Crippen LogP contribution is 2.34. The van der Waals surface area contributed by atoms with Crippen molar-refractivity contribution in [2.75, 3.05) is 41.0 Å². The second-order valence-corrected chi connectivity index (χ2v) is 8.68. The molecule has 4 rings (SSSR count). The summed E-state index contributed by atoms with van der Waals surface area (Å²) < 4.78 is 16.3. The van der Waals surface area contributed by atoms with Crippen molar-refractivity contribution in [3.63, 3.8) is 0 Å². The summed E-state index contributed by atoms with van der Waals surface area (Å²) in [6.07, 6.45) is 2.33. The minimum absolute atomic E-state index is 0.0524. The summed E-state index contributed by atoms with van der Waals surface area (Å²) in [7, 11) is 4.88. The molecule has 174 valence electrons. The Hall–Kier alpha value is -3.10. The molecule has 0 radical (unpaired) electrons. The molecule has 2 aromatic carbocycles. The molecule has 1 aliphatic rings. The van der Waals surface area contributed by atoms with Gasteiger partial charge in [0, 0.05) is 23.1 Å². The minimum atomic E-state index is -0.183. The van der Waals surface area contributed by atoms with E-state index < -0.39 is 0 Å². The molecular formula is C25H29N3O4S. The molecule has 0 spiro atoms. The Kier molecular flexibility index (Phi) is 7.47. The third-order valence-electron chi connectivity index (χ3n) is 5.90. The van der Waals surface area contributed by atoms with Crippen LogP contribution in [0.5, 0.6) is 17.2 Å². The van der Waals surface area contributed by atoms with E-state index in [2.05, 4.69) is 21.3 Å². The Bertz CT molecular complexity index is 1090. The topological polar surface area (TPSA) is 72.9 Å². The van der Waals surface area contributed by atoms with Crippen LogP contribution in [-0.4, -0.2) is 56.8 Å². The fourth-order valence-corrected chi connectivity index (χ4v) is 4.99. The van der Waals surface area contributed by atoms with Crippen LogP contribution in [0.3, 0.4) is 0 Å². The van der Waals surface area contributed by atoms with Crippen LogP contribution in [0.4, 0.5) is 0 Å². The molecule has 1 N–H and O–H groups in total. The third kappa shape index (κ3) is 5.12. The largest absolute Gasteiger partial charge is 0.496 e. The van der Waals surface area contributed by atoms with E-state index in [0.29, 0.717) is 23.7 Å². The van der Waals surface area contributed by atoms with Gasteiger partial charge in [-0.25, -0.2) is 4.98 Å². The first kappa shape index (κ1) is 23.1. The second kappa shape index (κ2) is 10.7. The quantitative estimate of drug-likeness (QED) is 0.503. The van der Waals surface area contributed by atoms with E-state index in [1.165, 1.54) is 24.2 Å². The Morgan fingerprint density at radius 3 is 2.48 bits per heavy atom. The molecule has 1 unspecified atom stereocenters. The van der Waals surface area contributed by atoms with Crippen LogP contribution in [0.2, 0.25) is 0 Å². The third-order valence-corrected chi connectivity index (χ3v) is 6.79. The van der Waals surface area contributed by atoms with Gasteiger partial charge < -0.3 is 19.5 Å². The zero-order valence-corrected chi connectivity index (χ0v) is 20.0. The van der Waals surface area contributed by atoms with Crippen molar-refractivity contribution in [3.05, 3.63) is 59.1 Å². The average molecular weight is 468 g/mol. The molecule has 1 atom stereocenters. The zero-order valence-electron chi connectivity index (χ0n) is 19.2. The molecule has 0 aliphatic carbocycles. The summed E-state index contributed by atoms with van der Waals surface area (Å²) in [4.78, 5) is 19.9. The van der Waals surface area contributed by atoms with E-state index in [1.54, 1.807) is 26.7 Å². The number of likely N-dealkylation sites (tertiary alicyclic amines) is 1. The van der Waals surface area contributed by atoms with E-state index in [0.717, 1.165) is 35.0 Å². The van der Waals surface area contributed by atoms with Gasteiger partial charge in [0.15, 0.2) is 11.5 Å². The van der Waals surface area contributed by atoms with Gasteiger partial charge >= 0.3 is 0 Å². The lowest BCUT2D eigenvalue weighted by atomic mass is 10.0. The van der Waals surface area contributed by atoms with Crippen LogP contribution < -0.4 is 19.5 Å². The second-order valence-electron chi connectivity index (χ2n) is 7.82. The van der Waals surface area contributed by atoms with Gasteiger partial charge in [-0.1, -0.05) is 18.2 Å². The number of carbonyl (C=O) groups excluding carboxylic acids is 1. The number of nitrogens with zero attached hydrogens (tertiary/aromatic N) is 2. The van der Waals surface area contributed by atoms with Gasteiger partial charge in [0.25, 0.3) is 5.91 Å². The molecule has 1 amide bonds. The number of hydrogen-bond acceptors (Lipinski definition) is 7. The first-order chi connectivity index (χ1) is 16.1. The summed E-state index contributed by atoms with van der Waals surface area (Å²) in [5, 5.41) is 5.63. The van der Waals surface area contributed by atoms with Crippen molar-refractivity contribution >= 4 is 17.2 Å². The van der Waals surface area contributed by atoms with E-state index in [1.807, 2.05) is 36.4 Å². The molecular weight excluding hydrogens is 438 g/mol. The first-order valence-corrected chi connectivity index (χ1v) is 11.9. The van der Waals surface area contributed by atoms with E-state index in [-0.39, 0.29) is 11.9 Å². The van der Waals surface area contributed by atoms with E-state index in [9.17, 15) is 4.79 Å². The maximum atomic E-state index is 13.0. The molecule has 3 aromatic rings. The predicted molar refractivity (Wildman–Crippen MR) is 130 cm³/mol. The van der Waals surface area contributed by atoms with E-state index in [4.69, 9.17) is 14.2 Å². The number of ether oxygens (including phenoxy) is 3. The van der Waals surface area contributed by atoms with Crippen LogP contribution in [-0.2, 0) is 0 Å². The molecule has 33 heavy (non-hydrogen) atoms. The standard InChI is InChI=1S/C25H29N3O4S/c1-30-21-9-5-4-8-18(21)20(28-12-6-7-13-28)15-26-24(29)19-16-33-25(27-19)17-10-11-22(31-2)23(14-17)32-3/h4-5,8-11,14,16,20H,6-7,12-13,15H2,1-3H3,(H,26,29). The number of aromatic nitrogens is 1. The Labute approximate surface area is 198 Å². The van der Waals surface area contributed by atoms with Gasteiger partial charge in [-0.3, -0.25) is 9.69 Å². The molecule has 1 aliphatic heterocycles. The zero-order chi connectivity index (χ0) is 23.2. The first-order valence-electron chi connectivity index (χ1n) is 11.0. The van der Waals surface area contributed by atoms with Crippen molar-refractivity contribution < 1.29 is 19.0 Å². The number of amides is 1. The SMILES string of the molecule is COc1ccc(-c2nc(C(=O)NCC(c3ccccc3OC)N3CCCC3)cs2)cc1OC. The van der Waals surface area contributed by atoms with Crippen LogP contribution in [0.15, 0.2) is 47.8 Å². The summed E-state index contributed by atoms with van der Waals surface area (Å²) in [5.41, 5.74) is 2.37. The number of thiazole rings is 1. The highest BCUT2D eigenvalue weighted by molar-refractivity contribution is 7.13. The molecule has 1 aromatic heterocycles. The van der Waals surface area contributed by atoms with Gasteiger partial charge in [0.2, 0.25) is 0 Å². The van der Waals surface area contributed by atoms with Crippen LogP contribution >= 0.6 is 11.3 Å². The lowest BCUT2D eigenvalue weighted by Gasteiger charge is -2.29. The number of benzene rings is 2. The molecule has 7 nitrogen and oxygen atoms in total. The van der Waals surface area contributed by atoms with Crippen LogP contribution in [0.1, 0.15) is 34.9 Å². The molecule has 2 heterocycles. The summed E-state index contributed by atoms with van der Waals surface area (Å²) in [6.45, 7) is 2.51. The smallest absolute Gasteiger partial charge is 0.270 e. The fraction of sp³-hybridized carbons (Fsp3) is 0.360. The Morgan fingerprint density at radius 1 is 1.03 bits per heavy atom. The van der Waals surface area contributed by atoms with Gasteiger partial charge in [-0.05, 0) is 50.2 Å². The van der Waals surface area contributed by atoms with Crippen molar-refractivity contribution in [1.82, 2.24) is 15.2 Å². The van der Waals surface area contributed by atoms with Crippen molar-refractivity contribution in [1.29, 1.82) is 0 Å². The molecule has 0 bridgehead atoms. The van der Waals surface area contributed by atoms with Crippen molar-refractivity contribution in [2.45, 2.75) is 18.9 Å². The van der Waals surface area contributed by atoms with Crippen molar-refractivity contribution in [3.8, 4) is 27.8 Å². The summed E-state index contributed by atoms with van der Waals surface area (Å²) >= 11 is 1.43. The highest BCUT2D eigenvalue weighted by atomic mass is 32.1. The normalized spacial score (nSPS) is 14.6. The maximum Gasteiger partial charge on any atom is 0.270 e. The minimum Gasteiger partial charge on any atom is -0.496 e. The predicted octanol–water partition coefficient (Wildman–Crippen LogP) is 4.40. The highest BCUT2D eigenvalue weighted by Gasteiger charge is 2.26. The molecule has 0 saturated carbocycles. The number of rotatable bonds is 9. The van der Waals surface area contributed by atoms with Gasteiger partial charge in [-0.2, -0.15) is 0 Å². The average Bonchev–Trinajstić information content (AvgIpc) is 3.57. The number of nitrogens with one attached hydrogen (secondary N) is 1. The lowest BCUT2D eigenvalue weighted by Crippen LogP contribution is -2.37. The number of para-hydroxylation sites is 1. The summed E-state index contributed by atoms with van der Waals surface area (Å²) in [6, 6.07) is 13.7. The number of methoxy groups -OCH3 is 3. The molecule has 1 saturated heterocycles. The fourth-order valence-electron chi connectivity index (χ4n) is 4.19. The van der Waals surface area contributed by atoms with E-state index >= 15 is 0 Å². The van der Waals surface area contributed by atoms with Crippen molar-refractivity contribution in [2.24, 2.45) is 0 Å². The summed E-state index contributed by atoms with van der Waals surface area (Å²) in [5.74, 6) is 1.94. The monoisotopic (exact) mass is 467 g/mol. The Balaban J connectivity index is 1.49. The molecule has 8 heteroatoms. The molecule has 1 fully saturated rings. The van der Waals surface area contributed by atoms with Crippen LogP contribution in [0.25, 0.3) is 10.6 Å².